The molecule has 0 amide bonds. The van der Waals surface area contributed by atoms with Crippen LogP contribution in [0.4, 0.5) is 11.8 Å². The summed E-state index contributed by atoms with van der Waals surface area (Å²) in [5, 5.41) is 12.9. The van der Waals surface area contributed by atoms with Crippen LogP contribution in [0.25, 0.3) is 21.6 Å². The molecule has 0 aliphatic carbocycles. The summed E-state index contributed by atoms with van der Waals surface area (Å²) in [7, 11) is 0. The maximum atomic E-state index is 9.28. The molecule has 0 aromatic carbocycles. The van der Waals surface area contributed by atoms with E-state index in [0.29, 0.717) is 17.6 Å². The molecule has 0 unspecified atom stereocenters. The monoisotopic (exact) mass is 291 g/mol. The topological polar surface area (TPSA) is 174 Å². The van der Waals surface area contributed by atoms with Gasteiger partial charge in [0.2, 0.25) is 5.95 Å². The van der Waals surface area contributed by atoms with E-state index in [1.54, 1.807) is 4.57 Å². The minimum atomic E-state index is -0.570. The van der Waals surface area contributed by atoms with Crippen LogP contribution < -0.4 is 11.5 Å². The third kappa shape index (κ3) is 2.18. The smallest absolute Gasteiger partial charge is 0.224 e. The van der Waals surface area contributed by atoms with Gasteiger partial charge in [-0.2, -0.15) is 9.97 Å². The fraction of sp³-hybridized carbons (Fsp3) is 0.500. The summed E-state index contributed by atoms with van der Waals surface area (Å²) < 4.78 is 7.31. The largest absolute Gasteiger partial charge is 0.394 e. The lowest BCUT2D eigenvalue weighted by Gasteiger charge is -2.14. The molecule has 1 aliphatic rings. The maximum Gasteiger partial charge on any atom is 0.224 e. The molecule has 1 aliphatic heterocycles. The first kappa shape index (κ1) is 13.4. The molecular formula is C10H13N9O2. The van der Waals surface area contributed by atoms with Crippen LogP contribution in [0.5, 0.6) is 0 Å². The molecule has 0 bridgehead atoms. The standard InChI is InChI=1S/C10H13N9O2/c11-8-7-9(16-10(12)15-8)19(3-14-7)6-1-4(17-18-13)5(2-20)21-6/h3-6,20H,1-2H2,(H4,11,12,15,16)/t4-,5-,6-/m1/s1. The van der Waals surface area contributed by atoms with Gasteiger partial charge in [0.05, 0.1) is 25.1 Å². The number of imidazole rings is 1. The number of nitrogen functional groups attached to an aromatic ring is 2. The minimum absolute atomic E-state index is 0.0325. The summed E-state index contributed by atoms with van der Waals surface area (Å²) >= 11 is 0. The van der Waals surface area contributed by atoms with Crippen LogP contribution in [0.15, 0.2) is 11.4 Å². The van der Waals surface area contributed by atoms with Gasteiger partial charge in [0.1, 0.15) is 11.7 Å². The number of fused-ring (bicyclic) bond motifs is 1. The fourth-order valence-electron chi connectivity index (χ4n) is 2.40. The van der Waals surface area contributed by atoms with E-state index < -0.39 is 18.4 Å². The van der Waals surface area contributed by atoms with Crippen LogP contribution in [0.1, 0.15) is 12.6 Å². The van der Waals surface area contributed by atoms with E-state index in [-0.39, 0.29) is 18.4 Å². The Hall–Kier alpha value is -2.62. The summed E-state index contributed by atoms with van der Waals surface area (Å²) in [5.41, 5.74) is 20.7. The van der Waals surface area contributed by atoms with Crippen LogP contribution >= 0.6 is 0 Å². The first-order valence-corrected chi connectivity index (χ1v) is 6.20. The summed E-state index contributed by atoms with van der Waals surface area (Å²) in [6.45, 7) is -0.244. The Kier molecular flexibility index (Phi) is 3.22. The van der Waals surface area contributed by atoms with Crippen molar-refractivity contribution < 1.29 is 9.84 Å². The Balaban J connectivity index is 2.00. The normalized spacial score (nSPS) is 25.1. The molecule has 0 saturated carbocycles. The van der Waals surface area contributed by atoms with E-state index >= 15 is 0 Å². The molecular weight excluding hydrogens is 278 g/mol. The second kappa shape index (κ2) is 5.05. The summed E-state index contributed by atoms with van der Waals surface area (Å²) in [5.74, 6) is 0.213. The van der Waals surface area contributed by atoms with E-state index in [2.05, 4.69) is 25.0 Å². The highest BCUT2D eigenvalue weighted by molar-refractivity contribution is 5.82. The molecule has 3 rings (SSSR count). The quantitative estimate of drug-likeness (QED) is 0.403. The molecule has 2 aromatic rings. The zero-order valence-electron chi connectivity index (χ0n) is 10.9. The van der Waals surface area contributed by atoms with Crippen LogP contribution in [0.3, 0.4) is 0 Å². The third-order valence-electron chi connectivity index (χ3n) is 3.36. The number of ether oxygens (including phenoxy) is 1. The number of hydrogen-bond acceptors (Lipinski definition) is 8. The predicted octanol–water partition coefficient (Wildman–Crippen LogP) is -0.0506. The molecule has 110 valence electrons. The van der Waals surface area contributed by atoms with E-state index in [9.17, 15) is 5.11 Å². The number of azide groups is 1. The van der Waals surface area contributed by atoms with Crippen molar-refractivity contribution in [1.29, 1.82) is 0 Å². The lowest BCUT2D eigenvalue weighted by Crippen LogP contribution is -2.22. The van der Waals surface area contributed by atoms with Gasteiger partial charge < -0.3 is 21.3 Å². The van der Waals surface area contributed by atoms with Gasteiger partial charge in [-0.25, -0.2) is 4.98 Å². The number of nitrogens with zero attached hydrogens (tertiary/aromatic N) is 7. The lowest BCUT2D eigenvalue weighted by atomic mass is 10.1. The summed E-state index contributed by atoms with van der Waals surface area (Å²) in [6.07, 6.45) is 0.855. The Morgan fingerprint density at radius 1 is 1.52 bits per heavy atom. The molecule has 3 atom stereocenters. The van der Waals surface area contributed by atoms with Gasteiger partial charge >= 0.3 is 0 Å². The van der Waals surface area contributed by atoms with Crippen molar-refractivity contribution in [1.82, 2.24) is 19.5 Å². The van der Waals surface area contributed by atoms with Gasteiger partial charge in [0.25, 0.3) is 0 Å². The van der Waals surface area contributed by atoms with Crippen molar-refractivity contribution in [3.63, 3.8) is 0 Å². The zero-order chi connectivity index (χ0) is 15.0. The van der Waals surface area contributed by atoms with Crippen molar-refractivity contribution in [2.45, 2.75) is 24.8 Å². The van der Waals surface area contributed by atoms with Crippen molar-refractivity contribution in [3.8, 4) is 0 Å². The Bertz CT molecular complexity index is 723. The average Bonchev–Trinajstić information content (AvgIpc) is 3.02. The number of hydrogen-bond donors (Lipinski definition) is 3. The van der Waals surface area contributed by atoms with Gasteiger partial charge in [-0.15, -0.1) is 0 Å². The van der Waals surface area contributed by atoms with Crippen molar-refractivity contribution >= 4 is 22.9 Å². The van der Waals surface area contributed by atoms with Gasteiger partial charge in [0.15, 0.2) is 11.5 Å². The van der Waals surface area contributed by atoms with Crippen molar-refractivity contribution in [3.05, 3.63) is 16.8 Å². The lowest BCUT2D eigenvalue weighted by molar-refractivity contribution is -0.0232. The molecule has 0 spiro atoms. The van der Waals surface area contributed by atoms with E-state index in [0.717, 1.165) is 0 Å². The number of anilines is 2. The van der Waals surface area contributed by atoms with Crippen LogP contribution in [-0.2, 0) is 4.74 Å². The highest BCUT2D eigenvalue weighted by Gasteiger charge is 2.36. The van der Waals surface area contributed by atoms with E-state index in [1.807, 2.05) is 0 Å². The molecule has 0 radical (unpaired) electrons. The maximum absolute atomic E-state index is 9.28. The van der Waals surface area contributed by atoms with Gasteiger partial charge in [-0.1, -0.05) is 5.11 Å². The van der Waals surface area contributed by atoms with Gasteiger partial charge in [0, 0.05) is 11.3 Å². The van der Waals surface area contributed by atoms with Gasteiger partial charge in [-0.3, -0.25) is 4.57 Å². The van der Waals surface area contributed by atoms with Crippen LogP contribution in [0, 0.1) is 0 Å². The Morgan fingerprint density at radius 3 is 3.05 bits per heavy atom. The minimum Gasteiger partial charge on any atom is -0.394 e. The molecule has 21 heavy (non-hydrogen) atoms. The van der Waals surface area contributed by atoms with E-state index in [1.165, 1.54) is 6.33 Å². The number of aromatic nitrogens is 4. The van der Waals surface area contributed by atoms with Crippen LogP contribution in [-0.4, -0.2) is 43.4 Å². The Labute approximate surface area is 118 Å². The number of aliphatic hydroxyl groups excluding tert-OH is 1. The third-order valence-corrected chi connectivity index (χ3v) is 3.36. The highest BCUT2D eigenvalue weighted by atomic mass is 16.5. The molecule has 5 N–H and O–H groups in total. The van der Waals surface area contributed by atoms with Crippen molar-refractivity contribution in [2.75, 3.05) is 18.1 Å². The number of nitrogens with two attached hydrogens (primary N) is 2. The fourth-order valence-corrected chi connectivity index (χ4v) is 2.40. The highest BCUT2D eigenvalue weighted by Crippen LogP contribution is 2.33. The Morgan fingerprint density at radius 2 is 2.33 bits per heavy atom. The molecule has 11 nitrogen and oxygen atoms in total. The molecule has 1 fully saturated rings. The molecule has 1 saturated heterocycles. The molecule has 3 heterocycles. The second-order valence-electron chi connectivity index (χ2n) is 4.61. The first-order valence-electron chi connectivity index (χ1n) is 6.20. The number of rotatable bonds is 3. The van der Waals surface area contributed by atoms with Crippen LogP contribution in [0.2, 0.25) is 0 Å². The number of aliphatic hydroxyl groups is 1. The SMILES string of the molecule is [N-]=[N+]=N[C@@H]1C[C@H](n2cnc3c(N)nc(N)nc32)O[C@@H]1CO. The van der Waals surface area contributed by atoms with Gasteiger partial charge in [-0.05, 0) is 5.53 Å². The van der Waals surface area contributed by atoms with Crippen molar-refractivity contribution in [2.24, 2.45) is 5.11 Å². The second-order valence-corrected chi connectivity index (χ2v) is 4.61. The molecule has 2 aromatic heterocycles. The zero-order valence-corrected chi connectivity index (χ0v) is 10.9. The average molecular weight is 291 g/mol. The predicted molar refractivity (Wildman–Crippen MR) is 72.7 cm³/mol. The summed E-state index contributed by atoms with van der Waals surface area (Å²) in [4.78, 5) is 14.8. The first-order chi connectivity index (χ1) is 10.1. The summed E-state index contributed by atoms with van der Waals surface area (Å²) in [6, 6.07) is -0.459. The van der Waals surface area contributed by atoms with E-state index in [4.69, 9.17) is 21.7 Å². The molecule has 11 heteroatoms.